The summed E-state index contributed by atoms with van der Waals surface area (Å²) in [6.07, 6.45) is 7.46. The van der Waals surface area contributed by atoms with Crippen molar-refractivity contribution in [1.82, 2.24) is 15.2 Å². The highest BCUT2D eigenvalue weighted by Gasteiger charge is 2.13. The number of benzene rings is 1. The van der Waals surface area contributed by atoms with Gasteiger partial charge in [0, 0.05) is 19.6 Å². The van der Waals surface area contributed by atoms with E-state index >= 15 is 0 Å². The van der Waals surface area contributed by atoms with Crippen LogP contribution in [0.15, 0.2) is 61.4 Å². The lowest BCUT2D eigenvalue weighted by Gasteiger charge is -2.27. The van der Waals surface area contributed by atoms with Gasteiger partial charge in [0.1, 0.15) is 11.5 Å². The van der Waals surface area contributed by atoms with Crippen LogP contribution in [0.5, 0.6) is 0 Å². The number of anilines is 3. The van der Waals surface area contributed by atoms with Gasteiger partial charge in [-0.05, 0) is 37.0 Å². The molecule has 0 aliphatic carbocycles. The Labute approximate surface area is 165 Å². The number of aromatic nitrogens is 3. The fourth-order valence-electron chi connectivity index (χ4n) is 3.45. The fraction of sp³-hybridized carbons (Fsp3) is 0.273. The SMILES string of the molecule is C=C(Nc1ccc(N2CCCCC2)nc1)c1[nH]ncc1NCc1ccccc1. The van der Waals surface area contributed by atoms with Crippen LogP contribution >= 0.6 is 0 Å². The number of rotatable bonds is 7. The Bertz CT molecular complexity index is 894. The summed E-state index contributed by atoms with van der Waals surface area (Å²) in [7, 11) is 0. The topological polar surface area (TPSA) is 68.9 Å². The molecule has 0 bridgehead atoms. The van der Waals surface area contributed by atoms with Crippen molar-refractivity contribution in [2.45, 2.75) is 25.8 Å². The molecule has 0 unspecified atom stereocenters. The number of aromatic amines is 1. The van der Waals surface area contributed by atoms with Gasteiger partial charge in [0.25, 0.3) is 0 Å². The summed E-state index contributed by atoms with van der Waals surface area (Å²) in [5.41, 5.74) is 4.64. The molecule has 3 N–H and O–H groups in total. The molecule has 0 atom stereocenters. The van der Waals surface area contributed by atoms with Crippen LogP contribution in [0.1, 0.15) is 30.5 Å². The maximum absolute atomic E-state index is 4.62. The monoisotopic (exact) mass is 374 g/mol. The predicted octanol–water partition coefficient (Wildman–Crippen LogP) is 4.49. The van der Waals surface area contributed by atoms with Gasteiger partial charge in [-0.15, -0.1) is 0 Å². The van der Waals surface area contributed by atoms with E-state index in [4.69, 9.17) is 0 Å². The third-order valence-electron chi connectivity index (χ3n) is 4.99. The highest BCUT2D eigenvalue weighted by atomic mass is 15.2. The third kappa shape index (κ3) is 4.34. The van der Waals surface area contributed by atoms with Gasteiger partial charge in [-0.3, -0.25) is 5.10 Å². The summed E-state index contributed by atoms with van der Waals surface area (Å²) >= 11 is 0. The highest BCUT2D eigenvalue weighted by molar-refractivity contribution is 5.79. The molecule has 3 aromatic rings. The predicted molar refractivity (Wildman–Crippen MR) is 115 cm³/mol. The number of H-pyrrole nitrogens is 1. The van der Waals surface area contributed by atoms with E-state index < -0.39 is 0 Å². The standard InChI is InChI=1S/C22H26N6/c1-17(22-20(16-25-27-22)23-14-18-8-4-2-5-9-18)26-19-10-11-21(24-15-19)28-12-6-3-7-13-28/h2,4-5,8-11,15-16,23,26H,1,3,6-7,12-14H2,(H,25,27). The van der Waals surface area contributed by atoms with Crippen LogP contribution in [-0.2, 0) is 6.54 Å². The Balaban J connectivity index is 1.38. The number of piperidine rings is 1. The maximum Gasteiger partial charge on any atom is 0.128 e. The second kappa shape index (κ2) is 8.61. The van der Waals surface area contributed by atoms with Crippen LogP contribution in [0.2, 0.25) is 0 Å². The number of nitrogens with one attached hydrogen (secondary N) is 3. The van der Waals surface area contributed by atoms with Crippen LogP contribution in [0.4, 0.5) is 17.2 Å². The van der Waals surface area contributed by atoms with Crippen LogP contribution < -0.4 is 15.5 Å². The first kappa shape index (κ1) is 18.1. The molecule has 1 aliphatic heterocycles. The minimum atomic E-state index is 0.729. The van der Waals surface area contributed by atoms with Gasteiger partial charge in [-0.1, -0.05) is 36.9 Å². The molecule has 2 aromatic heterocycles. The van der Waals surface area contributed by atoms with E-state index in [0.717, 1.165) is 48.2 Å². The van der Waals surface area contributed by atoms with E-state index in [1.165, 1.54) is 24.8 Å². The molecule has 144 valence electrons. The van der Waals surface area contributed by atoms with Gasteiger partial charge in [0.05, 0.1) is 29.5 Å². The summed E-state index contributed by atoms with van der Waals surface area (Å²) in [6, 6.07) is 14.4. The van der Waals surface area contributed by atoms with E-state index in [1.54, 1.807) is 6.20 Å². The Morgan fingerprint density at radius 2 is 1.86 bits per heavy atom. The Morgan fingerprint density at radius 1 is 1.04 bits per heavy atom. The molecule has 0 amide bonds. The molecule has 0 spiro atoms. The molecule has 28 heavy (non-hydrogen) atoms. The lowest BCUT2D eigenvalue weighted by molar-refractivity contribution is 0.573. The van der Waals surface area contributed by atoms with Crippen molar-refractivity contribution in [2.24, 2.45) is 0 Å². The van der Waals surface area contributed by atoms with Crippen LogP contribution in [0, 0.1) is 0 Å². The Kier molecular flexibility index (Phi) is 5.56. The van der Waals surface area contributed by atoms with Crippen molar-refractivity contribution < 1.29 is 0 Å². The first-order valence-corrected chi connectivity index (χ1v) is 9.78. The van der Waals surface area contributed by atoms with Gasteiger partial charge < -0.3 is 15.5 Å². The fourth-order valence-corrected chi connectivity index (χ4v) is 3.45. The molecule has 1 aromatic carbocycles. The molecule has 1 aliphatic rings. The van der Waals surface area contributed by atoms with Crippen molar-refractivity contribution in [3.8, 4) is 0 Å². The van der Waals surface area contributed by atoms with Crippen molar-refractivity contribution in [1.29, 1.82) is 0 Å². The summed E-state index contributed by atoms with van der Waals surface area (Å²) in [5, 5.41) is 13.9. The number of hydrogen-bond acceptors (Lipinski definition) is 5. The number of pyridine rings is 1. The van der Waals surface area contributed by atoms with Crippen molar-refractivity contribution in [3.63, 3.8) is 0 Å². The molecular weight excluding hydrogens is 348 g/mol. The van der Waals surface area contributed by atoms with Gasteiger partial charge in [-0.25, -0.2) is 4.98 Å². The lowest BCUT2D eigenvalue weighted by atomic mass is 10.1. The minimum absolute atomic E-state index is 0.729. The van der Waals surface area contributed by atoms with Gasteiger partial charge in [0.15, 0.2) is 0 Å². The summed E-state index contributed by atoms with van der Waals surface area (Å²) in [5.74, 6) is 1.04. The highest BCUT2D eigenvalue weighted by Crippen LogP contribution is 2.24. The minimum Gasteiger partial charge on any atom is -0.378 e. The summed E-state index contributed by atoms with van der Waals surface area (Å²) in [4.78, 5) is 6.97. The zero-order valence-electron chi connectivity index (χ0n) is 16.0. The zero-order valence-corrected chi connectivity index (χ0v) is 16.0. The molecule has 1 fully saturated rings. The lowest BCUT2D eigenvalue weighted by Crippen LogP contribution is -2.30. The van der Waals surface area contributed by atoms with Gasteiger partial charge in [0.2, 0.25) is 0 Å². The average molecular weight is 374 g/mol. The van der Waals surface area contributed by atoms with Crippen molar-refractivity contribution >= 4 is 22.9 Å². The number of nitrogens with zero attached hydrogens (tertiary/aromatic N) is 3. The quantitative estimate of drug-likeness (QED) is 0.568. The van der Waals surface area contributed by atoms with E-state index in [-0.39, 0.29) is 0 Å². The summed E-state index contributed by atoms with van der Waals surface area (Å²) in [6.45, 7) is 7.08. The van der Waals surface area contributed by atoms with E-state index in [2.05, 4.69) is 61.6 Å². The first-order chi connectivity index (χ1) is 13.8. The maximum atomic E-state index is 4.62. The zero-order chi connectivity index (χ0) is 19.2. The normalized spacial score (nSPS) is 13.9. The largest absolute Gasteiger partial charge is 0.378 e. The first-order valence-electron chi connectivity index (χ1n) is 9.78. The Morgan fingerprint density at radius 3 is 2.61 bits per heavy atom. The molecular formula is C22H26N6. The van der Waals surface area contributed by atoms with Gasteiger partial charge in [-0.2, -0.15) is 5.10 Å². The van der Waals surface area contributed by atoms with Gasteiger partial charge >= 0.3 is 0 Å². The molecule has 3 heterocycles. The average Bonchev–Trinajstić information content (AvgIpc) is 3.23. The van der Waals surface area contributed by atoms with E-state index in [0.29, 0.717) is 0 Å². The second-order valence-corrected chi connectivity index (χ2v) is 7.05. The number of hydrogen-bond donors (Lipinski definition) is 3. The van der Waals surface area contributed by atoms with Crippen LogP contribution in [-0.4, -0.2) is 28.3 Å². The summed E-state index contributed by atoms with van der Waals surface area (Å²) < 4.78 is 0. The molecule has 6 nitrogen and oxygen atoms in total. The molecule has 0 saturated carbocycles. The molecule has 1 saturated heterocycles. The molecule has 6 heteroatoms. The van der Waals surface area contributed by atoms with Crippen LogP contribution in [0.25, 0.3) is 5.70 Å². The third-order valence-corrected chi connectivity index (χ3v) is 4.99. The van der Waals surface area contributed by atoms with E-state index in [1.807, 2.05) is 24.4 Å². The smallest absolute Gasteiger partial charge is 0.128 e. The molecule has 4 rings (SSSR count). The van der Waals surface area contributed by atoms with Crippen molar-refractivity contribution in [3.05, 3.63) is 72.7 Å². The van der Waals surface area contributed by atoms with Crippen LogP contribution in [0.3, 0.4) is 0 Å². The second-order valence-electron chi connectivity index (χ2n) is 7.05. The van der Waals surface area contributed by atoms with Crippen molar-refractivity contribution in [2.75, 3.05) is 28.6 Å². The Hall–Kier alpha value is -3.28. The molecule has 0 radical (unpaired) electrons. The van der Waals surface area contributed by atoms with E-state index in [9.17, 15) is 0 Å².